The lowest BCUT2D eigenvalue weighted by Crippen LogP contribution is -1.97. The number of hydrogen-bond acceptors (Lipinski definition) is 1. The van der Waals surface area contributed by atoms with E-state index in [0.29, 0.717) is 5.56 Å². The van der Waals surface area contributed by atoms with Crippen LogP contribution < -0.4 is 0 Å². The molecular formula is C23H25BrF2O. The monoisotopic (exact) mass is 434 g/mol. The van der Waals surface area contributed by atoms with Gasteiger partial charge in [0, 0.05) is 17.0 Å². The highest BCUT2D eigenvalue weighted by atomic mass is 79.9. The molecule has 0 aliphatic heterocycles. The van der Waals surface area contributed by atoms with Gasteiger partial charge in [-0.05, 0) is 85.1 Å². The molecule has 1 aliphatic rings. The molecule has 2 aromatic carbocycles. The zero-order chi connectivity index (χ0) is 19.2. The van der Waals surface area contributed by atoms with Crippen molar-refractivity contribution in [2.24, 2.45) is 0 Å². The summed E-state index contributed by atoms with van der Waals surface area (Å²) in [6, 6.07) is 9.35. The van der Waals surface area contributed by atoms with Crippen molar-refractivity contribution in [2.75, 3.05) is 5.33 Å². The number of alkyl halides is 1. The minimum Gasteiger partial charge on any atom is -0.508 e. The molecule has 0 spiro atoms. The zero-order valence-electron chi connectivity index (χ0n) is 15.4. The predicted molar refractivity (Wildman–Crippen MR) is 111 cm³/mol. The molecule has 0 unspecified atom stereocenters. The van der Waals surface area contributed by atoms with Crippen LogP contribution in [0.5, 0.6) is 5.75 Å². The quantitative estimate of drug-likeness (QED) is 0.358. The Balaban J connectivity index is 2.01. The summed E-state index contributed by atoms with van der Waals surface area (Å²) >= 11 is 3.47. The van der Waals surface area contributed by atoms with Crippen LogP contribution in [0.15, 0.2) is 36.4 Å². The minimum absolute atomic E-state index is 0.266. The number of phenolic OH excluding ortho intramolecular Hbond substituents is 1. The van der Waals surface area contributed by atoms with Crippen molar-refractivity contribution < 1.29 is 13.9 Å². The molecule has 4 heteroatoms. The highest BCUT2D eigenvalue weighted by Crippen LogP contribution is 2.40. The Morgan fingerprint density at radius 1 is 0.889 bits per heavy atom. The van der Waals surface area contributed by atoms with Gasteiger partial charge in [0.1, 0.15) is 17.4 Å². The number of hydrogen-bond donors (Lipinski definition) is 1. The second-order valence-electron chi connectivity index (χ2n) is 7.13. The molecule has 2 aromatic rings. The molecule has 0 fully saturated rings. The van der Waals surface area contributed by atoms with E-state index in [0.717, 1.165) is 78.6 Å². The van der Waals surface area contributed by atoms with E-state index >= 15 is 0 Å². The SMILES string of the molecule is Oc1ccc2c(c1)CCCC(c1ccc(F)cc1F)=C2CCCCCCBr. The van der Waals surface area contributed by atoms with Gasteiger partial charge in [0.05, 0.1) is 0 Å². The van der Waals surface area contributed by atoms with Gasteiger partial charge in [0.2, 0.25) is 0 Å². The largest absolute Gasteiger partial charge is 0.508 e. The first-order valence-electron chi connectivity index (χ1n) is 9.66. The van der Waals surface area contributed by atoms with Crippen LogP contribution in [0, 0.1) is 11.6 Å². The van der Waals surface area contributed by atoms with Crippen LogP contribution in [0.2, 0.25) is 0 Å². The number of benzene rings is 2. The van der Waals surface area contributed by atoms with Crippen molar-refractivity contribution >= 4 is 27.1 Å². The lowest BCUT2D eigenvalue weighted by molar-refractivity contribution is 0.474. The van der Waals surface area contributed by atoms with E-state index in [-0.39, 0.29) is 5.75 Å². The van der Waals surface area contributed by atoms with Crippen molar-refractivity contribution in [3.05, 3.63) is 64.7 Å². The Morgan fingerprint density at radius 2 is 1.67 bits per heavy atom. The van der Waals surface area contributed by atoms with Crippen LogP contribution in [0.25, 0.3) is 11.1 Å². The van der Waals surface area contributed by atoms with Crippen LogP contribution in [0.4, 0.5) is 8.78 Å². The third-order valence-corrected chi connectivity index (χ3v) is 5.78. The Hall–Kier alpha value is -1.68. The predicted octanol–water partition coefficient (Wildman–Crippen LogP) is 7.26. The first kappa shape index (κ1) is 20.1. The van der Waals surface area contributed by atoms with Gasteiger partial charge in [0.25, 0.3) is 0 Å². The van der Waals surface area contributed by atoms with E-state index in [1.807, 2.05) is 12.1 Å². The van der Waals surface area contributed by atoms with Crippen molar-refractivity contribution in [1.29, 1.82) is 0 Å². The fourth-order valence-corrected chi connectivity index (χ4v) is 4.31. The average Bonchev–Trinajstić information content (AvgIpc) is 2.81. The summed E-state index contributed by atoms with van der Waals surface area (Å²) in [6.07, 6.45) is 7.85. The Kier molecular flexibility index (Phi) is 7.06. The summed E-state index contributed by atoms with van der Waals surface area (Å²) in [5.74, 6) is -0.780. The number of aryl methyl sites for hydroxylation is 1. The molecule has 0 saturated carbocycles. The third-order valence-electron chi connectivity index (χ3n) is 5.22. The van der Waals surface area contributed by atoms with Crippen LogP contribution >= 0.6 is 15.9 Å². The van der Waals surface area contributed by atoms with Crippen molar-refractivity contribution in [3.8, 4) is 5.75 Å². The lowest BCUT2D eigenvalue weighted by Gasteiger charge is -2.17. The molecule has 0 aromatic heterocycles. The number of aromatic hydroxyl groups is 1. The number of rotatable bonds is 7. The van der Waals surface area contributed by atoms with Gasteiger partial charge in [-0.15, -0.1) is 0 Å². The number of phenols is 1. The second kappa shape index (κ2) is 9.50. The topological polar surface area (TPSA) is 20.2 Å². The highest BCUT2D eigenvalue weighted by molar-refractivity contribution is 9.09. The Bertz CT molecular complexity index is 829. The minimum atomic E-state index is -0.549. The number of fused-ring (bicyclic) bond motifs is 1. The number of allylic oxidation sites excluding steroid dienone is 2. The standard InChI is InChI=1S/C23H25BrF2O/c24-13-4-2-1-3-7-20-19-12-10-18(27)14-16(19)6-5-8-21(20)22-11-9-17(25)15-23(22)26/h9-12,14-15,27H,1-8,13H2. The molecule has 0 bridgehead atoms. The lowest BCUT2D eigenvalue weighted by atomic mass is 9.89. The van der Waals surface area contributed by atoms with Gasteiger partial charge < -0.3 is 5.11 Å². The van der Waals surface area contributed by atoms with Gasteiger partial charge in [0.15, 0.2) is 0 Å². The van der Waals surface area contributed by atoms with E-state index in [1.165, 1.54) is 12.5 Å². The molecule has 1 N–H and O–H groups in total. The highest BCUT2D eigenvalue weighted by Gasteiger charge is 2.21. The summed E-state index contributed by atoms with van der Waals surface area (Å²) in [7, 11) is 0. The summed E-state index contributed by atoms with van der Waals surface area (Å²) in [6.45, 7) is 0. The van der Waals surface area contributed by atoms with Gasteiger partial charge >= 0.3 is 0 Å². The van der Waals surface area contributed by atoms with E-state index in [2.05, 4.69) is 15.9 Å². The molecule has 0 heterocycles. The molecule has 1 aliphatic carbocycles. The van der Waals surface area contributed by atoms with Crippen LogP contribution in [0.1, 0.15) is 61.6 Å². The number of unbranched alkanes of at least 4 members (excludes halogenated alkanes) is 3. The molecule has 0 saturated heterocycles. The van der Waals surface area contributed by atoms with Crippen LogP contribution in [0.3, 0.4) is 0 Å². The van der Waals surface area contributed by atoms with Crippen LogP contribution in [-0.4, -0.2) is 10.4 Å². The second-order valence-corrected chi connectivity index (χ2v) is 7.92. The van der Waals surface area contributed by atoms with Crippen molar-refractivity contribution in [3.63, 3.8) is 0 Å². The fourth-order valence-electron chi connectivity index (χ4n) is 3.92. The van der Waals surface area contributed by atoms with Crippen LogP contribution in [-0.2, 0) is 6.42 Å². The Labute approximate surface area is 168 Å². The molecule has 0 atom stereocenters. The van der Waals surface area contributed by atoms with Gasteiger partial charge in [-0.1, -0.05) is 34.8 Å². The van der Waals surface area contributed by atoms with Gasteiger partial charge in [-0.3, -0.25) is 0 Å². The van der Waals surface area contributed by atoms with E-state index < -0.39 is 11.6 Å². The number of halogens is 3. The van der Waals surface area contributed by atoms with E-state index in [4.69, 9.17) is 0 Å². The van der Waals surface area contributed by atoms with Gasteiger partial charge in [-0.25, -0.2) is 8.78 Å². The normalized spacial score (nSPS) is 14.2. The average molecular weight is 435 g/mol. The van der Waals surface area contributed by atoms with E-state index in [1.54, 1.807) is 12.1 Å². The van der Waals surface area contributed by atoms with Gasteiger partial charge in [-0.2, -0.15) is 0 Å². The summed E-state index contributed by atoms with van der Waals surface area (Å²) in [5.41, 5.74) is 4.85. The molecular weight excluding hydrogens is 410 g/mol. The summed E-state index contributed by atoms with van der Waals surface area (Å²) < 4.78 is 28.0. The zero-order valence-corrected chi connectivity index (χ0v) is 17.0. The summed E-state index contributed by atoms with van der Waals surface area (Å²) in [4.78, 5) is 0. The van der Waals surface area contributed by atoms with Crippen molar-refractivity contribution in [1.82, 2.24) is 0 Å². The first-order valence-corrected chi connectivity index (χ1v) is 10.8. The van der Waals surface area contributed by atoms with E-state index in [9.17, 15) is 13.9 Å². The molecule has 3 rings (SSSR count). The third kappa shape index (κ3) is 4.98. The molecule has 0 amide bonds. The maximum atomic E-state index is 14.6. The molecule has 144 valence electrons. The molecule has 0 radical (unpaired) electrons. The molecule has 27 heavy (non-hydrogen) atoms. The first-order chi connectivity index (χ1) is 13.1. The smallest absolute Gasteiger partial charge is 0.133 e. The Morgan fingerprint density at radius 3 is 2.44 bits per heavy atom. The molecule has 1 nitrogen and oxygen atoms in total. The summed E-state index contributed by atoms with van der Waals surface area (Å²) in [5, 5.41) is 10.9. The van der Waals surface area contributed by atoms with Crippen molar-refractivity contribution in [2.45, 2.75) is 51.4 Å². The fraction of sp³-hybridized carbons (Fsp3) is 0.391. The maximum Gasteiger partial charge on any atom is 0.133 e. The maximum absolute atomic E-state index is 14.6.